The first-order valence-corrected chi connectivity index (χ1v) is 5.61. The van der Waals surface area contributed by atoms with Crippen molar-refractivity contribution in [3.8, 4) is 5.75 Å². The number of phenolic OH excluding ortho intramolecular Hbond substituents is 1. The SMILES string of the molecule is CCC1(CC(=O)O)CCc2ccc(O)cc21. The maximum atomic E-state index is 11.0. The van der Waals surface area contributed by atoms with E-state index in [0.29, 0.717) is 0 Å². The van der Waals surface area contributed by atoms with E-state index < -0.39 is 5.97 Å². The van der Waals surface area contributed by atoms with Gasteiger partial charge in [-0.05, 0) is 42.5 Å². The zero-order valence-electron chi connectivity index (χ0n) is 9.36. The molecule has 3 heteroatoms. The fourth-order valence-corrected chi connectivity index (χ4v) is 2.75. The first-order valence-electron chi connectivity index (χ1n) is 5.61. The average Bonchev–Trinajstić information content (AvgIpc) is 2.57. The highest BCUT2D eigenvalue weighted by Crippen LogP contribution is 2.45. The standard InChI is InChI=1S/C13H16O3/c1-2-13(8-12(15)16)6-5-9-3-4-10(14)7-11(9)13/h3-4,7,14H,2,5-6,8H2,1H3,(H,15,16). The second-order valence-corrected chi connectivity index (χ2v) is 4.55. The van der Waals surface area contributed by atoms with E-state index in [1.165, 1.54) is 5.56 Å². The van der Waals surface area contributed by atoms with E-state index in [2.05, 4.69) is 0 Å². The minimum atomic E-state index is -0.766. The lowest BCUT2D eigenvalue weighted by Crippen LogP contribution is -2.25. The molecule has 1 unspecified atom stereocenters. The molecular weight excluding hydrogens is 204 g/mol. The third kappa shape index (κ3) is 1.66. The lowest BCUT2D eigenvalue weighted by molar-refractivity contribution is -0.138. The molecule has 0 radical (unpaired) electrons. The van der Waals surface area contributed by atoms with Gasteiger partial charge in [0.1, 0.15) is 5.75 Å². The van der Waals surface area contributed by atoms with E-state index in [4.69, 9.17) is 5.11 Å². The van der Waals surface area contributed by atoms with Crippen molar-refractivity contribution >= 4 is 5.97 Å². The molecule has 1 aromatic rings. The number of aryl methyl sites for hydroxylation is 1. The Kier molecular flexibility index (Phi) is 2.62. The van der Waals surface area contributed by atoms with Gasteiger partial charge in [-0.1, -0.05) is 13.0 Å². The molecule has 0 heterocycles. The van der Waals surface area contributed by atoms with E-state index in [1.807, 2.05) is 13.0 Å². The number of hydrogen-bond acceptors (Lipinski definition) is 2. The Morgan fingerprint density at radius 2 is 2.25 bits per heavy atom. The van der Waals surface area contributed by atoms with E-state index >= 15 is 0 Å². The van der Waals surface area contributed by atoms with Crippen molar-refractivity contribution in [1.82, 2.24) is 0 Å². The maximum Gasteiger partial charge on any atom is 0.304 e. The van der Waals surface area contributed by atoms with Gasteiger partial charge >= 0.3 is 5.97 Å². The largest absolute Gasteiger partial charge is 0.508 e. The van der Waals surface area contributed by atoms with Gasteiger partial charge < -0.3 is 10.2 Å². The van der Waals surface area contributed by atoms with Crippen LogP contribution >= 0.6 is 0 Å². The van der Waals surface area contributed by atoms with Gasteiger partial charge in [-0.2, -0.15) is 0 Å². The van der Waals surface area contributed by atoms with Gasteiger partial charge in [0.2, 0.25) is 0 Å². The number of rotatable bonds is 3. The summed E-state index contributed by atoms with van der Waals surface area (Å²) >= 11 is 0. The third-order valence-corrected chi connectivity index (χ3v) is 3.70. The van der Waals surface area contributed by atoms with Gasteiger partial charge in [0, 0.05) is 5.41 Å². The van der Waals surface area contributed by atoms with Gasteiger partial charge in [0.15, 0.2) is 0 Å². The Morgan fingerprint density at radius 3 is 2.88 bits per heavy atom. The molecule has 16 heavy (non-hydrogen) atoms. The van der Waals surface area contributed by atoms with Crippen LogP contribution in [0.2, 0.25) is 0 Å². The molecule has 86 valence electrons. The Morgan fingerprint density at radius 1 is 1.50 bits per heavy atom. The molecule has 0 saturated heterocycles. The van der Waals surface area contributed by atoms with Crippen LogP contribution in [0.4, 0.5) is 0 Å². The van der Waals surface area contributed by atoms with Crippen molar-refractivity contribution in [1.29, 1.82) is 0 Å². The molecule has 0 fully saturated rings. The van der Waals surface area contributed by atoms with Gasteiger partial charge in [-0.25, -0.2) is 0 Å². The summed E-state index contributed by atoms with van der Waals surface area (Å²) in [5, 5.41) is 18.5. The van der Waals surface area contributed by atoms with E-state index in [-0.39, 0.29) is 17.6 Å². The Labute approximate surface area is 94.7 Å². The van der Waals surface area contributed by atoms with Gasteiger partial charge in [-0.15, -0.1) is 0 Å². The second-order valence-electron chi connectivity index (χ2n) is 4.55. The van der Waals surface area contributed by atoms with Crippen LogP contribution in [-0.2, 0) is 16.6 Å². The first-order chi connectivity index (χ1) is 7.57. The van der Waals surface area contributed by atoms with Crippen molar-refractivity contribution in [2.75, 3.05) is 0 Å². The summed E-state index contributed by atoms with van der Waals surface area (Å²) in [6.45, 7) is 2.02. The third-order valence-electron chi connectivity index (χ3n) is 3.70. The summed E-state index contributed by atoms with van der Waals surface area (Å²) in [5.41, 5.74) is 1.93. The van der Waals surface area contributed by atoms with Crippen molar-refractivity contribution in [2.24, 2.45) is 0 Å². The van der Waals surface area contributed by atoms with Crippen LogP contribution in [0.1, 0.15) is 37.3 Å². The van der Waals surface area contributed by atoms with Gasteiger partial charge in [0.05, 0.1) is 6.42 Å². The quantitative estimate of drug-likeness (QED) is 0.822. The summed E-state index contributed by atoms with van der Waals surface area (Å²) < 4.78 is 0. The van der Waals surface area contributed by atoms with Crippen LogP contribution in [0.5, 0.6) is 5.75 Å². The molecule has 0 amide bonds. The summed E-state index contributed by atoms with van der Waals surface area (Å²) in [7, 11) is 0. The summed E-state index contributed by atoms with van der Waals surface area (Å²) in [5.74, 6) is -0.540. The molecule has 3 nitrogen and oxygen atoms in total. The van der Waals surface area contributed by atoms with Gasteiger partial charge in [-0.3, -0.25) is 4.79 Å². The van der Waals surface area contributed by atoms with Crippen LogP contribution < -0.4 is 0 Å². The zero-order valence-corrected chi connectivity index (χ0v) is 9.36. The van der Waals surface area contributed by atoms with Crippen molar-refractivity contribution in [2.45, 2.75) is 38.0 Å². The van der Waals surface area contributed by atoms with Crippen molar-refractivity contribution in [3.05, 3.63) is 29.3 Å². The number of phenols is 1. The molecule has 0 bridgehead atoms. The van der Waals surface area contributed by atoms with Crippen molar-refractivity contribution < 1.29 is 15.0 Å². The molecule has 1 atom stereocenters. The molecule has 1 aromatic carbocycles. The number of carboxylic acids is 1. The van der Waals surface area contributed by atoms with Crippen LogP contribution in [-0.4, -0.2) is 16.2 Å². The Hall–Kier alpha value is -1.51. The lowest BCUT2D eigenvalue weighted by atomic mass is 9.76. The number of benzene rings is 1. The summed E-state index contributed by atoms with van der Waals surface area (Å²) in [6.07, 6.45) is 2.74. The molecular formula is C13H16O3. The van der Waals surface area contributed by atoms with Gasteiger partial charge in [0.25, 0.3) is 0 Å². The van der Waals surface area contributed by atoms with Crippen LogP contribution in [0.15, 0.2) is 18.2 Å². The number of carboxylic acid groups (broad SMARTS) is 1. The minimum Gasteiger partial charge on any atom is -0.508 e. The van der Waals surface area contributed by atoms with Crippen LogP contribution in [0, 0.1) is 0 Å². The summed E-state index contributed by atoms with van der Waals surface area (Å²) in [4.78, 5) is 11.0. The Balaban J connectivity index is 2.45. The molecule has 0 spiro atoms. The number of hydrogen-bond donors (Lipinski definition) is 2. The maximum absolute atomic E-state index is 11.0. The fourth-order valence-electron chi connectivity index (χ4n) is 2.75. The molecule has 2 rings (SSSR count). The van der Waals surface area contributed by atoms with Crippen LogP contribution in [0.25, 0.3) is 0 Å². The first kappa shape index (κ1) is 11.0. The highest BCUT2D eigenvalue weighted by molar-refractivity contribution is 5.70. The number of carbonyl (C=O) groups is 1. The molecule has 1 aliphatic carbocycles. The predicted molar refractivity (Wildman–Crippen MR) is 60.6 cm³/mol. The van der Waals surface area contributed by atoms with Crippen LogP contribution in [0.3, 0.4) is 0 Å². The zero-order chi connectivity index (χ0) is 11.8. The minimum absolute atomic E-state index is 0.153. The van der Waals surface area contributed by atoms with E-state index in [0.717, 1.165) is 24.8 Å². The van der Waals surface area contributed by atoms with E-state index in [9.17, 15) is 9.90 Å². The highest BCUT2D eigenvalue weighted by Gasteiger charge is 2.39. The summed E-state index contributed by atoms with van der Waals surface area (Å²) in [6, 6.07) is 5.31. The Bertz CT molecular complexity index is 425. The van der Waals surface area contributed by atoms with Crippen molar-refractivity contribution in [3.63, 3.8) is 0 Å². The molecule has 1 aliphatic rings. The fraction of sp³-hybridized carbons (Fsp3) is 0.462. The molecule has 0 saturated carbocycles. The smallest absolute Gasteiger partial charge is 0.304 e. The van der Waals surface area contributed by atoms with E-state index in [1.54, 1.807) is 12.1 Å². The highest BCUT2D eigenvalue weighted by atomic mass is 16.4. The second kappa shape index (κ2) is 3.81. The number of aromatic hydroxyl groups is 1. The topological polar surface area (TPSA) is 57.5 Å². The normalized spacial score (nSPS) is 23.1. The average molecular weight is 220 g/mol. The number of aliphatic carboxylic acids is 1. The molecule has 0 aromatic heterocycles. The lowest BCUT2D eigenvalue weighted by Gasteiger charge is -2.27. The number of fused-ring (bicyclic) bond motifs is 1. The monoisotopic (exact) mass is 220 g/mol. The molecule has 2 N–H and O–H groups in total. The molecule has 0 aliphatic heterocycles. The predicted octanol–water partition coefficient (Wildman–Crippen LogP) is 2.46.